The Hall–Kier alpha value is -3.35. The molecule has 1 N–H and O–H groups in total. The summed E-state index contributed by atoms with van der Waals surface area (Å²) < 4.78 is 11.3. The topological polar surface area (TPSA) is 80.3 Å². The number of rotatable bonds is 3. The molecule has 0 fully saturated rings. The summed E-state index contributed by atoms with van der Waals surface area (Å²) in [5.74, 6) is 1.30. The zero-order chi connectivity index (χ0) is 20.4. The Morgan fingerprint density at radius 3 is 2.83 bits per heavy atom. The van der Waals surface area contributed by atoms with E-state index in [-0.39, 0.29) is 12.0 Å². The lowest BCUT2D eigenvalue weighted by atomic mass is 9.98. The molecule has 1 aliphatic heterocycles. The van der Waals surface area contributed by atoms with Gasteiger partial charge in [-0.3, -0.25) is 4.90 Å². The van der Waals surface area contributed by atoms with Crippen LogP contribution in [0.3, 0.4) is 0 Å². The van der Waals surface area contributed by atoms with Gasteiger partial charge in [-0.15, -0.1) is 0 Å². The lowest BCUT2D eigenvalue weighted by molar-refractivity contribution is 0.0324. The summed E-state index contributed by atoms with van der Waals surface area (Å²) >= 11 is 0. The molecule has 1 aliphatic rings. The fraction of sp³-hybridized carbons (Fsp3) is 0.318. The number of hydrogen-bond acceptors (Lipinski definition) is 5. The van der Waals surface area contributed by atoms with E-state index in [0.717, 1.165) is 28.8 Å². The molecule has 0 spiro atoms. The van der Waals surface area contributed by atoms with Gasteiger partial charge in [0.2, 0.25) is 5.88 Å². The smallest absolute Gasteiger partial charge is 0.414 e. The van der Waals surface area contributed by atoms with Crippen LogP contribution < -0.4 is 4.74 Å². The highest BCUT2D eigenvalue weighted by Crippen LogP contribution is 2.29. The molecule has 0 bridgehead atoms. The molecule has 0 aliphatic carbocycles. The fourth-order valence-electron chi connectivity index (χ4n) is 3.20. The molecule has 1 atom stereocenters. The van der Waals surface area contributed by atoms with Crippen LogP contribution in [0.15, 0.2) is 55.1 Å². The highest BCUT2D eigenvalue weighted by Gasteiger charge is 2.25. The molecule has 7 heteroatoms. The van der Waals surface area contributed by atoms with Crippen molar-refractivity contribution < 1.29 is 14.3 Å². The number of amides is 1. The van der Waals surface area contributed by atoms with Gasteiger partial charge in [-0.05, 0) is 51.5 Å². The normalized spacial score (nSPS) is 16.8. The summed E-state index contributed by atoms with van der Waals surface area (Å²) in [5, 5.41) is 1.08. The van der Waals surface area contributed by atoms with E-state index in [9.17, 15) is 4.79 Å². The van der Waals surface area contributed by atoms with Gasteiger partial charge in [0, 0.05) is 41.8 Å². The third kappa shape index (κ3) is 4.56. The summed E-state index contributed by atoms with van der Waals surface area (Å²) in [6.07, 6.45) is 7.55. The third-order valence-electron chi connectivity index (χ3n) is 4.60. The molecule has 3 heterocycles. The van der Waals surface area contributed by atoms with Crippen LogP contribution in [0.1, 0.15) is 38.8 Å². The van der Waals surface area contributed by atoms with E-state index in [0.29, 0.717) is 12.4 Å². The van der Waals surface area contributed by atoms with E-state index in [1.807, 2.05) is 63.4 Å². The highest BCUT2D eigenvalue weighted by atomic mass is 16.6. The van der Waals surface area contributed by atoms with Crippen molar-refractivity contribution in [3.63, 3.8) is 0 Å². The fourth-order valence-corrected chi connectivity index (χ4v) is 3.20. The van der Waals surface area contributed by atoms with Crippen LogP contribution in [0.4, 0.5) is 4.79 Å². The first-order valence-corrected chi connectivity index (χ1v) is 9.62. The second-order valence-corrected chi connectivity index (χ2v) is 8.02. The van der Waals surface area contributed by atoms with Crippen LogP contribution in [0.5, 0.6) is 11.6 Å². The summed E-state index contributed by atoms with van der Waals surface area (Å²) in [6, 6.07) is 9.69. The molecule has 1 aromatic carbocycles. The van der Waals surface area contributed by atoms with Crippen molar-refractivity contribution in [3.05, 3.63) is 60.8 Å². The van der Waals surface area contributed by atoms with Crippen LogP contribution in [0.2, 0.25) is 0 Å². The molecular formula is C22H24N4O3. The van der Waals surface area contributed by atoms with E-state index in [2.05, 4.69) is 15.0 Å². The van der Waals surface area contributed by atoms with Crippen molar-refractivity contribution in [1.82, 2.24) is 19.9 Å². The van der Waals surface area contributed by atoms with E-state index >= 15 is 0 Å². The van der Waals surface area contributed by atoms with Crippen LogP contribution in [0, 0.1) is 0 Å². The van der Waals surface area contributed by atoms with Gasteiger partial charge in [-0.25, -0.2) is 14.8 Å². The molecule has 150 valence electrons. The number of carbonyl (C=O) groups is 1. The molecule has 0 radical (unpaired) electrons. The van der Waals surface area contributed by atoms with E-state index < -0.39 is 5.60 Å². The number of carbonyl (C=O) groups excluding carboxylic acids is 1. The highest BCUT2D eigenvalue weighted by molar-refractivity contribution is 5.80. The number of nitrogens with one attached hydrogen (secondary N) is 1. The molecule has 4 rings (SSSR count). The largest absolute Gasteiger partial charge is 0.443 e. The van der Waals surface area contributed by atoms with Crippen molar-refractivity contribution in [3.8, 4) is 11.6 Å². The molecule has 1 unspecified atom stereocenters. The molecule has 7 nitrogen and oxygen atoms in total. The Morgan fingerprint density at radius 2 is 2.07 bits per heavy atom. The maximum Gasteiger partial charge on any atom is 0.414 e. The number of aromatic nitrogens is 3. The number of nitrogens with zero attached hydrogens (tertiary/aromatic N) is 3. The van der Waals surface area contributed by atoms with Gasteiger partial charge in [0.25, 0.3) is 0 Å². The SMILES string of the molecule is CC(C)(C)OC(=O)N1C=CC(c2cc(Oc3ccc4[nH]ccc4c3)ncn2)CC1. The lowest BCUT2D eigenvalue weighted by Gasteiger charge is -2.28. The predicted octanol–water partition coefficient (Wildman–Crippen LogP) is 4.99. The average molecular weight is 392 g/mol. The van der Waals surface area contributed by atoms with Gasteiger partial charge in [0.1, 0.15) is 17.7 Å². The molecule has 3 aromatic rings. The second kappa shape index (κ2) is 7.58. The number of benzene rings is 1. The number of fused-ring (bicyclic) bond motifs is 1. The van der Waals surface area contributed by atoms with Crippen LogP contribution in [0.25, 0.3) is 10.9 Å². The van der Waals surface area contributed by atoms with E-state index in [1.54, 1.807) is 11.1 Å². The molecule has 0 saturated heterocycles. The van der Waals surface area contributed by atoms with Crippen LogP contribution in [-0.2, 0) is 4.74 Å². The minimum Gasteiger partial charge on any atom is -0.443 e. The number of allylic oxidation sites excluding steroid dienone is 1. The zero-order valence-corrected chi connectivity index (χ0v) is 16.8. The molecule has 1 amide bonds. The minimum absolute atomic E-state index is 0.0891. The Kier molecular flexibility index (Phi) is 4.96. The maximum atomic E-state index is 12.2. The maximum absolute atomic E-state index is 12.2. The van der Waals surface area contributed by atoms with Crippen molar-refractivity contribution in [1.29, 1.82) is 0 Å². The average Bonchev–Trinajstić information content (AvgIpc) is 3.15. The molecular weight excluding hydrogens is 368 g/mol. The van der Waals surface area contributed by atoms with Gasteiger partial charge in [0.15, 0.2) is 0 Å². The predicted molar refractivity (Wildman–Crippen MR) is 110 cm³/mol. The summed E-state index contributed by atoms with van der Waals surface area (Å²) in [5.41, 5.74) is 1.41. The van der Waals surface area contributed by atoms with Crippen molar-refractivity contribution in [2.24, 2.45) is 0 Å². The summed E-state index contributed by atoms with van der Waals surface area (Å²) in [4.78, 5) is 25.6. The monoisotopic (exact) mass is 392 g/mol. The number of aromatic amines is 1. The van der Waals surface area contributed by atoms with E-state index in [4.69, 9.17) is 9.47 Å². The van der Waals surface area contributed by atoms with Gasteiger partial charge < -0.3 is 14.5 Å². The number of hydrogen-bond donors (Lipinski definition) is 1. The van der Waals surface area contributed by atoms with Crippen molar-refractivity contribution >= 4 is 17.0 Å². The summed E-state index contributed by atoms with van der Waals surface area (Å²) in [7, 11) is 0. The van der Waals surface area contributed by atoms with Gasteiger partial charge >= 0.3 is 6.09 Å². The van der Waals surface area contributed by atoms with E-state index in [1.165, 1.54) is 6.33 Å². The van der Waals surface area contributed by atoms with Crippen molar-refractivity contribution in [2.75, 3.05) is 6.54 Å². The van der Waals surface area contributed by atoms with Gasteiger partial charge in [0.05, 0.1) is 5.69 Å². The Morgan fingerprint density at radius 1 is 1.21 bits per heavy atom. The third-order valence-corrected chi connectivity index (χ3v) is 4.60. The lowest BCUT2D eigenvalue weighted by Crippen LogP contribution is -2.36. The van der Waals surface area contributed by atoms with Gasteiger partial charge in [-0.1, -0.05) is 6.08 Å². The Bertz CT molecular complexity index is 1050. The second-order valence-electron chi connectivity index (χ2n) is 8.02. The minimum atomic E-state index is -0.510. The number of H-pyrrole nitrogens is 1. The standard InChI is InChI=1S/C22H24N4O3/c1-22(2,3)29-21(27)26-10-7-15(8-11-26)19-13-20(25-14-24-19)28-17-4-5-18-16(12-17)6-9-23-18/h4-7,9-10,12-15,23H,8,11H2,1-3H3. The Labute approximate surface area is 169 Å². The van der Waals surface area contributed by atoms with Crippen LogP contribution in [-0.4, -0.2) is 38.1 Å². The first-order valence-electron chi connectivity index (χ1n) is 9.62. The molecule has 2 aromatic heterocycles. The van der Waals surface area contributed by atoms with Crippen LogP contribution >= 0.6 is 0 Å². The molecule has 29 heavy (non-hydrogen) atoms. The number of ether oxygens (including phenoxy) is 2. The zero-order valence-electron chi connectivity index (χ0n) is 16.8. The Balaban J connectivity index is 1.45. The first-order chi connectivity index (χ1) is 13.9. The first kappa shape index (κ1) is 19.0. The molecule has 0 saturated carbocycles. The quantitative estimate of drug-likeness (QED) is 0.679. The van der Waals surface area contributed by atoms with Crippen molar-refractivity contribution in [2.45, 2.75) is 38.7 Å². The van der Waals surface area contributed by atoms with Gasteiger partial charge in [-0.2, -0.15) is 0 Å². The summed E-state index contributed by atoms with van der Waals surface area (Å²) in [6.45, 7) is 6.15.